The molecule has 0 spiro atoms. The van der Waals surface area contributed by atoms with E-state index in [1.165, 1.54) is 0 Å². The minimum absolute atomic E-state index is 0.200. The standard InChI is InChI=1S/C12H14N2O4/c1-7(12(15)13-2)18-8-3-4-9-10(14-16)6-17-11(9)5-8/h3-5,7,16H,6H2,1-2H3,(H,13,15). The van der Waals surface area contributed by atoms with Gasteiger partial charge in [0.2, 0.25) is 0 Å². The summed E-state index contributed by atoms with van der Waals surface area (Å²) in [6.45, 7) is 1.90. The van der Waals surface area contributed by atoms with E-state index >= 15 is 0 Å². The van der Waals surface area contributed by atoms with Crippen LogP contribution >= 0.6 is 0 Å². The van der Waals surface area contributed by atoms with Gasteiger partial charge in [-0.25, -0.2) is 0 Å². The topological polar surface area (TPSA) is 80.2 Å². The van der Waals surface area contributed by atoms with Gasteiger partial charge in [0.25, 0.3) is 5.91 Å². The molecule has 1 atom stereocenters. The van der Waals surface area contributed by atoms with Crippen LogP contribution in [0.5, 0.6) is 11.5 Å². The first kappa shape index (κ1) is 12.2. The molecule has 0 saturated carbocycles. The lowest BCUT2D eigenvalue weighted by atomic mass is 10.1. The Balaban J connectivity index is 2.16. The number of nitrogens with zero attached hydrogens (tertiary/aromatic N) is 1. The molecule has 96 valence electrons. The van der Waals surface area contributed by atoms with E-state index in [0.717, 1.165) is 5.56 Å². The van der Waals surface area contributed by atoms with Crippen LogP contribution in [-0.4, -0.2) is 36.6 Å². The molecule has 2 rings (SSSR count). The van der Waals surface area contributed by atoms with E-state index in [0.29, 0.717) is 17.2 Å². The summed E-state index contributed by atoms with van der Waals surface area (Å²) in [6.07, 6.45) is -0.583. The quantitative estimate of drug-likeness (QED) is 0.613. The highest BCUT2D eigenvalue weighted by molar-refractivity contribution is 6.06. The number of hydrogen-bond acceptors (Lipinski definition) is 5. The second-order valence-electron chi connectivity index (χ2n) is 3.87. The first-order valence-electron chi connectivity index (χ1n) is 5.52. The average molecular weight is 250 g/mol. The number of rotatable bonds is 3. The van der Waals surface area contributed by atoms with Crippen LogP contribution in [0.1, 0.15) is 12.5 Å². The van der Waals surface area contributed by atoms with Gasteiger partial charge in [-0.3, -0.25) is 4.79 Å². The minimum atomic E-state index is -0.583. The van der Waals surface area contributed by atoms with Crippen molar-refractivity contribution in [2.24, 2.45) is 5.16 Å². The Morgan fingerprint density at radius 1 is 1.61 bits per heavy atom. The molecule has 2 N–H and O–H groups in total. The van der Waals surface area contributed by atoms with Crippen LogP contribution in [0.3, 0.4) is 0 Å². The third-order valence-electron chi connectivity index (χ3n) is 2.68. The molecule has 0 aromatic heterocycles. The summed E-state index contributed by atoms with van der Waals surface area (Å²) in [7, 11) is 1.55. The smallest absolute Gasteiger partial charge is 0.260 e. The number of hydrogen-bond donors (Lipinski definition) is 2. The van der Waals surface area contributed by atoms with E-state index < -0.39 is 6.10 Å². The Hall–Kier alpha value is -2.24. The molecule has 0 aliphatic carbocycles. The fourth-order valence-corrected chi connectivity index (χ4v) is 1.70. The average Bonchev–Trinajstić information content (AvgIpc) is 2.79. The van der Waals surface area contributed by atoms with Crippen molar-refractivity contribution in [3.05, 3.63) is 23.8 Å². The Kier molecular flexibility index (Phi) is 3.36. The Morgan fingerprint density at radius 3 is 3.06 bits per heavy atom. The first-order valence-corrected chi connectivity index (χ1v) is 5.52. The number of likely N-dealkylation sites (N-methyl/N-ethyl adjacent to an activating group) is 1. The van der Waals surface area contributed by atoms with Gasteiger partial charge in [0.1, 0.15) is 23.8 Å². The van der Waals surface area contributed by atoms with Gasteiger partial charge in [0, 0.05) is 18.7 Å². The van der Waals surface area contributed by atoms with Crippen molar-refractivity contribution < 1.29 is 19.5 Å². The molecular weight excluding hydrogens is 236 g/mol. The highest BCUT2D eigenvalue weighted by Crippen LogP contribution is 2.30. The van der Waals surface area contributed by atoms with E-state index in [9.17, 15) is 4.79 Å². The predicted molar refractivity (Wildman–Crippen MR) is 64.4 cm³/mol. The van der Waals surface area contributed by atoms with Gasteiger partial charge in [-0.1, -0.05) is 5.16 Å². The Labute approximate surface area is 104 Å². The molecule has 0 radical (unpaired) electrons. The zero-order valence-electron chi connectivity index (χ0n) is 10.1. The number of ether oxygens (including phenoxy) is 2. The van der Waals surface area contributed by atoms with Gasteiger partial charge >= 0.3 is 0 Å². The maximum Gasteiger partial charge on any atom is 0.260 e. The van der Waals surface area contributed by atoms with Crippen LogP contribution in [0.15, 0.2) is 23.4 Å². The second-order valence-corrected chi connectivity index (χ2v) is 3.87. The Bertz CT molecular complexity index is 499. The monoisotopic (exact) mass is 250 g/mol. The SMILES string of the molecule is CNC(=O)C(C)Oc1ccc2c(c1)OCC2=NO. The molecule has 0 fully saturated rings. The van der Waals surface area contributed by atoms with E-state index in [1.807, 2.05) is 0 Å². The van der Waals surface area contributed by atoms with Gasteiger partial charge < -0.3 is 20.0 Å². The normalized spacial score (nSPS) is 16.9. The summed E-state index contributed by atoms with van der Waals surface area (Å²) in [5.74, 6) is 0.919. The number of carbonyl (C=O) groups excluding carboxylic acids is 1. The van der Waals surface area contributed by atoms with Crippen molar-refractivity contribution >= 4 is 11.6 Å². The summed E-state index contributed by atoms with van der Waals surface area (Å²) in [4.78, 5) is 11.3. The van der Waals surface area contributed by atoms with Gasteiger partial charge in [-0.15, -0.1) is 0 Å². The lowest BCUT2D eigenvalue weighted by molar-refractivity contribution is -0.126. The molecule has 1 heterocycles. The third kappa shape index (κ3) is 2.22. The number of oxime groups is 1. The zero-order chi connectivity index (χ0) is 13.1. The fourth-order valence-electron chi connectivity index (χ4n) is 1.70. The van der Waals surface area contributed by atoms with Gasteiger partial charge in [-0.2, -0.15) is 0 Å². The molecule has 1 unspecified atom stereocenters. The number of fused-ring (bicyclic) bond motifs is 1. The molecule has 0 bridgehead atoms. The molecule has 18 heavy (non-hydrogen) atoms. The number of nitrogens with one attached hydrogen (secondary N) is 1. The highest BCUT2D eigenvalue weighted by atomic mass is 16.5. The van der Waals surface area contributed by atoms with Crippen molar-refractivity contribution in [1.82, 2.24) is 5.32 Å². The van der Waals surface area contributed by atoms with Crippen LogP contribution in [0.25, 0.3) is 0 Å². The van der Waals surface area contributed by atoms with Gasteiger partial charge in [0.05, 0.1) is 0 Å². The lowest BCUT2D eigenvalue weighted by Crippen LogP contribution is -2.33. The van der Waals surface area contributed by atoms with E-state index in [-0.39, 0.29) is 12.5 Å². The molecule has 1 amide bonds. The fraction of sp³-hybridized carbons (Fsp3) is 0.333. The second kappa shape index (κ2) is 4.95. The number of carbonyl (C=O) groups is 1. The summed E-state index contributed by atoms with van der Waals surface area (Å²) in [5.41, 5.74) is 1.22. The molecule has 6 heteroatoms. The molecule has 1 aromatic carbocycles. The van der Waals surface area contributed by atoms with Gasteiger partial charge in [-0.05, 0) is 19.1 Å². The maximum atomic E-state index is 11.3. The Morgan fingerprint density at radius 2 is 2.39 bits per heavy atom. The summed E-state index contributed by atoms with van der Waals surface area (Å²) in [5, 5.41) is 14.4. The molecular formula is C12H14N2O4. The van der Waals surface area contributed by atoms with Crippen LogP contribution in [-0.2, 0) is 4.79 Å². The van der Waals surface area contributed by atoms with Crippen LogP contribution in [0.4, 0.5) is 0 Å². The molecule has 1 aliphatic rings. The largest absolute Gasteiger partial charge is 0.486 e. The van der Waals surface area contributed by atoms with Crippen molar-refractivity contribution in [2.75, 3.05) is 13.7 Å². The van der Waals surface area contributed by atoms with Crippen molar-refractivity contribution in [1.29, 1.82) is 0 Å². The highest BCUT2D eigenvalue weighted by Gasteiger charge is 2.21. The van der Waals surface area contributed by atoms with Crippen molar-refractivity contribution in [3.8, 4) is 11.5 Å². The zero-order valence-corrected chi connectivity index (χ0v) is 10.1. The molecule has 6 nitrogen and oxygen atoms in total. The summed E-state index contributed by atoms with van der Waals surface area (Å²) in [6, 6.07) is 5.12. The predicted octanol–water partition coefficient (Wildman–Crippen LogP) is 0.771. The van der Waals surface area contributed by atoms with Crippen molar-refractivity contribution in [3.63, 3.8) is 0 Å². The van der Waals surface area contributed by atoms with Crippen molar-refractivity contribution in [2.45, 2.75) is 13.0 Å². The van der Waals surface area contributed by atoms with Crippen LogP contribution in [0, 0.1) is 0 Å². The molecule has 1 aliphatic heterocycles. The van der Waals surface area contributed by atoms with Crippen LogP contribution in [0.2, 0.25) is 0 Å². The number of benzene rings is 1. The summed E-state index contributed by atoms with van der Waals surface area (Å²) < 4.78 is 10.8. The minimum Gasteiger partial charge on any atom is -0.486 e. The lowest BCUT2D eigenvalue weighted by Gasteiger charge is -2.13. The van der Waals surface area contributed by atoms with E-state index in [1.54, 1.807) is 32.2 Å². The van der Waals surface area contributed by atoms with E-state index in [4.69, 9.17) is 14.7 Å². The number of amides is 1. The molecule has 0 saturated heterocycles. The first-order chi connectivity index (χ1) is 8.65. The van der Waals surface area contributed by atoms with Gasteiger partial charge in [0.15, 0.2) is 6.10 Å². The molecule has 1 aromatic rings. The van der Waals surface area contributed by atoms with Crippen LogP contribution < -0.4 is 14.8 Å². The summed E-state index contributed by atoms with van der Waals surface area (Å²) >= 11 is 0. The maximum absolute atomic E-state index is 11.3. The van der Waals surface area contributed by atoms with E-state index in [2.05, 4.69) is 10.5 Å². The third-order valence-corrected chi connectivity index (χ3v) is 2.68.